The number of carbonyl (C=O) groups excluding carboxylic acids is 1. The first-order valence-corrected chi connectivity index (χ1v) is 6.73. The average molecular weight is 298 g/mol. The molecule has 3 rings (SSSR count). The highest BCUT2D eigenvalue weighted by molar-refractivity contribution is 6.36. The molecule has 0 atom stereocenters. The van der Waals surface area contributed by atoms with E-state index in [4.69, 9.17) is 17.3 Å². The molecule has 0 aliphatic heterocycles. The number of fused-ring (bicyclic) bond motifs is 1. The molecule has 0 unspecified atom stereocenters. The number of primary amides is 1. The number of carbonyl (C=O) groups is 1. The van der Waals surface area contributed by atoms with Gasteiger partial charge in [0.25, 0.3) is 0 Å². The van der Waals surface area contributed by atoms with Crippen LogP contribution in [0.2, 0.25) is 5.02 Å². The van der Waals surface area contributed by atoms with Crippen molar-refractivity contribution in [2.24, 2.45) is 5.73 Å². The van der Waals surface area contributed by atoms with Crippen molar-refractivity contribution in [3.63, 3.8) is 0 Å². The highest BCUT2D eigenvalue weighted by Gasteiger charge is 2.13. The van der Waals surface area contributed by atoms with Crippen molar-refractivity contribution in [1.29, 1.82) is 0 Å². The highest BCUT2D eigenvalue weighted by atomic mass is 35.5. The number of hydrogen-bond donors (Lipinski definition) is 2. The third-order valence-electron chi connectivity index (χ3n) is 3.21. The molecule has 21 heavy (non-hydrogen) atoms. The van der Waals surface area contributed by atoms with E-state index < -0.39 is 5.91 Å². The molecule has 2 aromatic heterocycles. The predicted octanol–water partition coefficient (Wildman–Crippen LogP) is 3.24. The SMILES string of the molecule is NC(=O)C(=Cc1c[nH]c2ncccc12)c1ccccc1Cl. The average Bonchev–Trinajstić information content (AvgIpc) is 2.89. The van der Waals surface area contributed by atoms with Gasteiger partial charge in [0, 0.05) is 39.5 Å². The Bertz CT molecular complexity index is 851. The summed E-state index contributed by atoms with van der Waals surface area (Å²) in [7, 11) is 0. The predicted molar refractivity (Wildman–Crippen MR) is 84.6 cm³/mol. The molecule has 1 amide bonds. The van der Waals surface area contributed by atoms with Crippen LogP contribution in [0.4, 0.5) is 0 Å². The van der Waals surface area contributed by atoms with E-state index in [0.717, 1.165) is 16.6 Å². The molecule has 1 aromatic carbocycles. The van der Waals surface area contributed by atoms with Gasteiger partial charge in [0.05, 0.1) is 0 Å². The molecule has 2 heterocycles. The molecule has 0 aliphatic rings. The third-order valence-corrected chi connectivity index (χ3v) is 3.54. The Balaban J connectivity index is 2.18. The van der Waals surface area contributed by atoms with Crippen molar-refractivity contribution in [2.45, 2.75) is 0 Å². The van der Waals surface area contributed by atoms with Crippen molar-refractivity contribution >= 4 is 40.2 Å². The summed E-state index contributed by atoms with van der Waals surface area (Å²) < 4.78 is 0. The molecule has 3 aromatic rings. The highest BCUT2D eigenvalue weighted by Crippen LogP contribution is 2.27. The number of nitrogens with zero attached hydrogens (tertiary/aromatic N) is 1. The first-order chi connectivity index (χ1) is 10.2. The number of benzene rings is 1. The van der Waals surface area contributed by atoms with Crippen LogP contribution in [0.3, 0.4) is 0 Å². The minimum atomic E-state index is -0.527. The Kier molecular flexibility index (Phi) is 3.46. The minimum Gasteiger partial charge on any atom is -0.366 e. The van der Waals surface area contributed by atoms with Crippen LogP contribution in [0.5, 0.6) is 0 Å². The number of H-pyrrole nitrogens is 1. The summed E-state index contributed by atoms with van der Waals surface area (Å²) in [6.45, 7) is 0. The molecule has 0 bridgehead atoms. The topological polar surface area (TPSA) is 71.8 Å². The number of hydrogen-bond acceptors (Lipinski definition) is 2. The molecule has 5 heteroatoms. The van der Waals surface area contributed by atoms with E-state index >= 15 is 0 Å². The lowest BCUT2D eigenvalue weighted by Gasteiger charge is -2.06. The summed E-state index contributed by atoms with van der Waals surface area (Å²) in [4.78, 5) is 19.1. The van der Waals surface area contributed by atoms with Gasteiger partial charge in [-0.1, -0.05) is 29.8 Å². The fraction of sp³-hybridized carbons (Fsp3) is 0. The maximum Gasteiger partial charge on any atom is 0.249 e. The molecule has 0 aliphatic carbocycles. The summed E-state index contributed by atoms with van der Waals surface area (Å²) in [5, 5.41) is 1.41. The lowest BCUT2D eigenvalue weighted by atomic mass is 10.0. The zero-order chi connectivity index (χ0) is 14.8. The van der Waals surface area contributed by atoms with Gasteiger partial charge < -0.3 is 10.7 Å². The second-order valence-electron chi connectivity index (χ2n) is 4.55. The zero-order valence-electron chi connectivity index (χ0n) is 11.0. The van der Waals surface area contributed by atoms with Gasteiger partial charge in [-0.25, -0.2) is 4.98 Å². The van der Waals surface area contributed by atoms with Crippen molar-refractivity contribution in [3.05, 3.63) is 64.9 Å². The van der Waals surface area contributed by atoms with Crippen LogP contribution >= 0.6 is 11.6 Å². The van der Waals surface area contributed by atoms with Crippen molar-refractivity contribution in [3.8, 4) is 0 Å². The number of nitrogens with one attached hydrogen (secondary N) is 1. The van der Waals surface area contributed by atoms with Gasteiger partial charge in [0.1, 0.15) is 5.65 Å². The number of nitrogens with two attached hydrogens (primary N) is 1. The van der Waals surface area contributed by atoms with Gasteiger partial charge in [0.15, 0.2) is 0 Å². The fourth-order valence-corrected chi connectivity index (χ4v) is 2.45. The van der Waals surface area contributed by atoms with E-state index in [1.54, 1.807) is 36.7 Å². The van der Waals surface area contributed by atoms with Crippen LogP contribution in [0, 0.1) is 0 Å². The lowest BCUT2D eigenvalue weighted by Crippen LogP contribution is -2.13. The molecule has 104 valence electrons. The fourth-order valence-electron chi connectivity index (χ4n) is 2.21. The maximum absolute atomic E-state index is 11.8. The van der Waals surface area contributed by atoms with Crippen molar-refractivity contribution in [1.82, 2.24) is 9.97 Å². The third kappa shape index (κ3) is 2.53. The minimum absolute atomic E-state index is 0.366. The van der Waals surface area contributed by atoms with Crippen LogP contribution < -0.4 is 5.73 Å². The Hall–Kier alpha value is -2.59. The molecular weight excluding hydrogens is 286 g/mol. The molecule has 0 spiro atoms. The van der Waals surface area contributed by atoms with E-state index in [1.165, 1.54) is 0 Å². The standard InChI is InChI=1S/C16H12ClN3O/c17-14-6-2-1-4-12(14)13(15(18)21)8-10-9-20-16-11(10)5-3-7-19-16/h1-9H,(H2,18,21)(H,19,20). The number of halogens is 1. The van der Waals surface area contributed by atoms with E-state index in [2.05, 4.69) is 9.97 Å². The van der Waals surface area contributed by atoms with Crippen LogP contribution in [0.15, 0.2) is 48.8 Å². The molecule has 0 saturated carbocycles. The summed E-state index contributed by atoms with van der Waals surface area (Å²) in [6, 6.07) is 10.9. The lowest BCUT2D eigenvalue weighted by molar-refractivity contribution is -0.112. The normalized spacial score (nSPS) is 11.8. The largest absolute Gasteiger partial charge is 0.366 e. The van der Waals surface area contributed by atoms with Crippen LogP contribution in [-0.2, 0) is 4.79 Å². The second-order valence-corrected chi connectivity index (χ2v) is 4.95. The molecule has 0 fully saturated rings. The molecular formula is C16H12ClN3O. The molecule has 4 nitrogen and oxygen atoms in total. The van der Waals surface area contributed by atoms with Gasteiger partial charge in [-0.15, -0.1) is 0 Å². The van der Waals surface area contributed by atoms with Gasteiger partial charge in [-0.2, -0.15) is 0 Å². The summed E-state index contributed by atoms with van der Waals surface area (Å²) in [6.07, 6.45) is 5.22. The van der Waals surface area contributed by atoms with E-state index in [1.807, 2.05) is 18.2 Å². The Morgan fingerprint density at radius 2 is 2.05 bits per heavy atom. The van der Waals surface area contributed by atoms with Crippen LogP contribution in [0.25, 0.3) is 22.7 Å². The van der Waals surface area contributed by atoms with Crippen LogP contribution in [0.1, 0.15) is 11.1 Å². The summed E-state index contributed by atoms with van der Waals surface area (Å²) >= 11 is 6.15. The van der Waals surface area contributed by atoms with Crippen molar-refractivity contribution in [2.75, 3.05) is 0 Å². The molecule has 0 saturated heterocycles. The monoisotopic (exact) mass is 297 g/mol. The molecule has 3 N–H and O–H groups in total. The van der Waals surface area contributed by atoms with E-state index in [9.17, 15) is 4.79 Å². The first kappa shape index (κ1) is 13.4. The van der Waals surface area contributed by atoms with Gasteiger partial charge in [0.2, 0.25) is 5.91 Å². The summed E-state index contributed by atoms with van der Waals surface area (Å²) in [5.74, 6) is -0.527. The Morgan fingerprint density at radius 1 is 1.24 bits per heavy atom. The summed E-state index contributed by atoms with van der Waals surface area (Å²) in [5.41, 5.74) is 8.08. The number of rotatable bonds is 3. The van der Waals surface area contributed by atoms with Gasteiger partial charge >= 0.3 is 0 Å². The Labute approximate surface area is 126 Å². The first-order valence-electron chi connectivity index (χ1n) is 6.35. The van der Waals surface area contributed by atoms with Crippen molar-refractivity contribution < 1.29 is 4.79 Å². The second kappa shape index (κ2) is 5.42. The maximum atomic E-state index is 11.8. The molecule has 0 radical (unpaired) electrons. The van der Waals surface area contributed by atoms with Gasteiger partial charge in [-0.3, -0.25) is 4.79 Å². The van der Waals surface area contributed by atoms with Gasteiger partial charge in [-0.05, 0) is 24.3 Å². The number of pyridine rings is 1. The van der Waals surface area contributed by atoms with Crippen LogP contribution in [-0.4, -0.2) is 15.9 Å². The number of aromatic nitrogens is 2. The Morgan fingerprint density at radius 3 is 2.81 bits per heavy atom. The zero-order valence-corrected chi connectivity index (χ0v) is 11.8. The van der Waals surface area contributed by atoms with E-state index in [0.29, 0.717) is 16.2 Å². The van der Waals surface area contributed by atoms with E-state index in [-0.39, 0.29) is 0 Å². The number of amides is 1. The number of aromatic amines is 1. The quantitative estimate of drug-likeness (QED) is 0.728. The smallest absolute Gasteiger partial charge is 0.249 e.